The summed E-state index contributed by atoms with van der Waals surface area (Å²) in [5.74, 6) is 0.149. The van der Waals surface area contributed by atoms with E-state index in [0.29, 0.717) is 30.6 Å². The molecule has 2 heterocycles. The molecule has 7 nitrogen and oxygen atoms in total. The van der Waals surface area contributed by atoms with E-state index in [2.05, 4.69) is 4.98 Å². The fourth-order valence-electron chi connectivity index (χ4n) is 3.31. The average Bonchev–Trinajstić information content (AvgIpc) is 2.95. The number of imidazole rings is 1. The molecular formula is C14H20N4O3. The predicted molar refractivity (Wildman–Crippen MR) is 78.2 cm³/mol. The van der Waals surface area contributed by atoms with Crippen LogP contribution in [-0.4, -0.2) is 29.4 Å². The first-order chi connectivity index (χ1) is 9.80. The lowest BCUT2D eigenvalue weighted by molar-refractivity contribution is 0.0625. The van der Waals surface area contributed by atoms with Gasteiger partial charge in [0.1, 0.15) is 0 Å². The number of aliphatic hydroxyl groups is 1. The molecule has 1 aliphatic rings. The molecule has 0 amide bonds. The van der Waals surface area contributed by atoms with Crippen molar-refractivity contribution in [2.24, 2.45) is 20.0 Å². The Hall–Kier alpha value is -1.89. The summed E-state index contributed by atoms with van der Waals surface area (Å²) in [6, 6.07) is 0. The van der Waals surface area contributed by atoms with E-state index in [1.807, 2.05) is 0 Å². The van der Waals surface area contributed by atoms with Crippen LogP contribution >= 0.6 is 0 Å². The van der Waals surface area contributed by atoms with E-state index in [-0.39, 0.29) is 17.2 Å². The van der Waals surface area contributed by atoms with E-state index < -0.39 is 5.60 Å². The van der Waals surface area contributed by atoms with Crippen molar-refractivity contribution in [2.45, 2.75) is 38.3 Å². The highest BCUT2D eigenvalue weighted by Gasteiger charge is 2.33. The lowest BCUT2D eigenvalue weighted by Gasteiger charge is -2.17. The summed E-state index contributed by atoms with van der Waals surface area (Å²) in [5, 5.41) is 10.0. The van der Waals surface area contributed by atoms with Gasteiger partial charge in [-0.3, -0.25) is 13.9 Å². The summed E-state index contributed by atoms with van der Waals surface area (Å²) in [5.41, 5.74) is -0.503. The van der Waals surface area contributed by atoms with Crippen LogP contribution in [0, 0.1) is 5.92 Å². The van der Waals surface area contributed by atoms with Crippen molar-refractivity contribution < 1.29 is 5.11 Å². The maximum absolute atomic E-state index is 12.6. The first-order valence-corrected chi connectivity index (χ1v) is 7.13. The SMILES string of the molecule is Cn1cnc2c1c(=O)n(C[C@H]1CC[C@@](C)(O)C1)c(=O)n2C. The van der Waals surface area contributed by atoms with Crippen LogP contribution in [0.3, 0.4) is 0 Å². The molecule has 3 rings (SSSR count). The summed E-state index contributed by atoms with van der Waals surface area (Å²) < 4.78 is 4.32. The van der Waals surface area contributed by atoms with Gasteiger partial charge in [-0.1, -0.05) is 0 Å². The van der Waals surface area contributed by atoms with Crippen molar-refractivity contribution >= 4 is 11.2 Å². The number of aryl methyl sites for hydroxylation is 2. The van der Waals surface area contributed by atoms with Gasteiger partial charge in [0.25, 0.3) is 5.56 Å². The third kappa shape index (κ3) is 2.21. The fourth-order valence-corrected chi connectivity index (χ4v) is 3.31. The van der Waals surface area contributed by atoms with Gasteiger partial charge in [-0.05, 0) is 32.1 Å². The number of hydrogen-bond donors (Lipinski definition) is 1. The number of rotatable bonds is 2. The number of aromatic nitrogens is 4. The Morgan fingerprint density at radius 1 is 1.43 bits per heavy atom. The number of fused-ring (bicyclic) bond motifs is 1. The molecule has 0 aromatic carbocycles. The maximum atomic E-state index is 12.6. The van der Waals surface area contributed by atoms with Crippen molar-refractivity contribution in [1.29, 1.82) is 0 Å². The smallest absolute Gasteiger partial charge is 0.332 e. The minimum Gasteiger partial charge on any atom is -0.390 e. The zero-order valence-corrected chi connectivity index (χ0v) is 12.5. The van der Waals surface area contributed by atoms with Gasteiger partial charge in [0.15, 0.2) is 11.2 Å². The normalized spacial score (nSPS) is 25.8. The van der Waals surface area contributed by atoms with E-state index in [1.165, 1.54) is 15.5 Å². The van der Waals surface area contributed by atoms with E-state index in [4.69, 9.17) is 0 Å². The molecule has 0 saturated heterocycles. The monoisotopic (exact) mass is 292 g/mol. The second kappa shape index (κ2) is 4.56. The Morgan fingerprint density at radius 3 is 2.76 bits per heavy atom. The van der Waals surface area contributed by atoms with E-state index >= 15 is 0 Å². The molecule has 1 N–H and O–H groups in total. The minimum absolute atomic E-state index is 0.149. The van der Waals surface area contributed by atoms with Crippen LogP contribution in [0.25, 0.3) is 11.2 Å². The highest BCUT2D eigenvalue weighted by atomic mass is 16.3. The lowest BCUT2D eigenvalue weighted by Crippen LogP contribution is -2.41. The quantitative estimate of drug-likeness (QED) is 0.843. The first-order valence-electron chi connectivity index (χ1n) is 7.13. The Balaban J connectivity index is 2.09. The second-order valence-electron chi connectivity index (χ2n) is 6.39. The molecule has 0 unspecified atom stereocenters. The van der Waals surface area contributed by atoms with Gasteiger partial charge in [-0.2, -0.15) is 0 Å². The molecule has 1 aliphatic carbocycles. The van der Waals surface area contributed by atoms with Crippen LogP contribution in [-0.2, 0) is 20.6 Å². The van der Waals surface area contributed by atoms with Crippen LogP contribution in [0.2, 0.25) is 0 Å². The molecule has 7 heteroatoms. The zero-order chi connectivity index (χ0) is 15.4. The maximum Gasteiger partial charge on any atom is 0.332 e. The van der Waals surface area contributed by atoms with Crippen LogP contribution in [0.1, 0.15) is 26.2 Å². The van der Waals surface area contributed by atoms with Crippen molar-refractivity contribution in [3.63, 3.8) is 0 Å². The molecule has 1 saturated carbocycles. The molecule has 2 aromatic heterocycles. The Kier molecular flexibility index (Phi) is 3.05. The van der Waals surface area contributed by atoms with Gasteiger partial charge in [-0.25, -0.2) is 9.78 Å². The van der Waals surface area contributed by atoms with Crippen molar-refractivity contribution in [3.8, 4) is 0 Å². The van der Waals surface area contributed by atoms with Crippen molar-refractivity contribution in [1.82, 2.24) is 18.7 Å². The van der Waals surface area contributed by atoms with Gasteiger partial charge >= 0.3 is 5.69 Å². The van der Waals surface area contributed by atoms with E-state index in [1.54, 1.807) is 25.6 Å². The Bertz CT molecular complexity index is 812. The summed E-state index contributed by atoms with van der Waals surface area (Å²) in [6.07, 6.45) is 3.69. The van der Waals surface area contributed by atoms with Gasteiger partial charge < -0.3 is 9.67 Å². The molecule has 0 spiro atoms. The van der Waals surface area contributed by atoms with Crippen molar-refractivity contribution in [2.75, 3.05) is 0 Å². The lowest BCUT2D eigenvalue weighted by atomic mass is 10.0. The van der Waals surface area contributed by atoms with Crippen molar-refractivity contribution in [3.05, 3.63) is 27.2 Å². The zero-order valence-electron chi connectivity index (χ0n) is 12.5. The summed E-state index contributed by atoms with van der Waals surface area (Å²) in [7, 11) is 3.37. The summed E-state index contributed by atoms with van der Waals surface area (Å²) in [4.78, 5) is 29.0. The van der Waals surface area contributed by atoms with Crippen LogP contribution in [0.4, 0.5) is 0 Å². The van der Waals surface area contributed by atoms with Gasteiger partial charge in [0.2, 0.25) is 0 Å². The number of nitrogens with zero attached hydrogens (tertiary/aromatic N) is 4. The Labute approximate surface area is 121 Å². The van der Waals surface area contributed by atoms with E-state index in [0.717, 1.165) is 6.42 Å². The molecule has 0 radical (unpaired) electrons. The number of hydrogen-bond acceptors (Lipinski definition) is 4. The van der Waals surface area contributed by atoms with Gasteiger partial charge in [0, 0.05) is 20.6 Å². The summed E-state index contributed by atoms with van der Waals surface area (Å²) in [6.45, 7) is 2.15. The highest BCUT2D eigenvalue weighted by molar-refractivity contribution is 5.69. The average molecular weight is 292 g/mol. The topological polar surface area (TPSA) is 82.1 Å². The third-order valence-electron chi connectivity index (χ3n) is 4.46. The third-order valence-corrected chi connectivity index (χ3v) is 4.46. The fraction of sp³-hybridized carbons (Fsp3) is 0.643. The Morgan fingerprint density at radius 2 is 2.14 bits per heavy atom. The van der Waals surface area contributed by atoms with Crippen LogP contribution in [0.5, 0.6) is 0 Å². The standard InChI is InChI=1S/C14H20N4O3/c1-14(21)5-4-9(6-14)7-18-12(19)10-11(15-8-16(10)2)17(3)13(18)20/h8-9,21H,4-7H2,1-3H3/t9-,14+/m0/s1. The second-order valence-corrected chi connectivity index (χ2v) is 6.39. The predicted octanol–water partition coefficient (Wildman–Crippen LogP) is -0.0152. The largest absolute Gasteiger partial charge is 0.390 e. The highest BCUT2D eigenvalue weighted by Crippen LogP contribution is 2.34. The van der Waals surface area contributed by atoms with Crippen LogP contribution in [0.15, 0.2) is 15.9 Å². The van der Waals surface area contributed by atoms with Gasteiger partial charge in [0.05, 0.1) is 11.9 Å². The molecular weight excluding hydrogens is 272 g/mol. The molecule has 0 aliphatic heterocycles. The molecule has 21 heavy (non-hydrogen) atoms. The minimum atomic E-state index is -0.684. The molecule has 1 fully saturated rings. The van der Waals surface area contributed by atoms with Gasteiger partial charge in [-0.15, -0.1) is 0 Å². The molecule has 114 valence electrons. The van der Waals surface area contributed by atoms with E-state index in [9.17, 15) is 14.7 Å². The summed E-state index contributed by atoms with van der Waals surface area (Å²) >= 11 is 0. The van der Waals surface area contributed by atoms with Crippen LogP contribution < -0.4 is 11.2 Å². The first kappa shape index (κ1) is 14.1. The molecule has 2 atom stereocenters. The molecule has 0 bridgehead atoms. The molecule has 2 aromatic rings.